The van der Waals surface area contributed by atoms with Gasteiger partial charge in [0.1, 0.15) is 6.10 Å². The second kappa shape index (κ2) is 9.14. The number of ether oxygens (including phenoxy) is 2. The van der Waals surface area contributed by atoms with Gasteiger partial charge in [0.15, 0.2) is 0 Å². The molecule has 0 aromatic heterocycles. The normalized spacial score (nSPS) is 58.2. The molecule has 35 heavy (non-hydrogen) atoms. The number of allylic oxidation sites excluding steroid dienone is 2. The van der Waals surface area contributed by atoms with E-state index in [9.17, 15) is 0 Å². The molecule has 7 saturated carbocycles. The molecule has 9 aliphatic rings. The van der Waals surface area contributed by atoms with Crippen LogP contribution in [0.4, 0.5) is 0 Å². The Morgan fingerprint density at radius 1 is 0.600 bits per heavy atom. The van der Waals surface area contributed by atoms with Gasteiger partial charge in [-0.2, -0.15) is 0 Å². The van der Waals surface area contributed by atoms with Crippen molar-refractivity contribution in [2.24, 2.45) is 88.8 Å². The van der Waals surface area contributed by atoms with E-state index >= 15 is 0 Å². The summed E-state index contributed by atoms with van der Waals surface area (Å²) in [6, 6.07) is 0. The predicted octanol–water partition coefficient (Wildman–Crippen LogP) is 7.48. The second-order valence-corrected chi connectivity index (χ2v) is 14.0. The Morgan fingerprint density at radius 3 is 1.74 bits per heavy atom. The molecule has 1 saturated heterocycles. The third-order valence-electron chi connectivity index (χ3n) is 13.1. The molecule has 16 unspecified atom stereocenters. The number of fused-ring (bicyclic) bond motifs is 18. The van der Waals surface area contributed by atoms with Crippen molar-refractivity contribution in [2.45, 2.75) is 85.2 Å². The summed E-state index contributed by atoms with van der Waals surface area (Å²) in [6.45, 7) is 10.8. The van der Waals surface area contributed by atoms with Crippen molar-refractivity contribution in [3.63, 3.8) is 0 Å². The zero-order valence-corrected chi connectivity index (χ0v) is 23.0. The highest BCUT2D eigenvalue weighted by Gasteiger charge is 2.66. The lowest BCUT2D eigenvalue weighted by molar-refractivity contribution is 0.0128. The van der Waals surface area contributed by atoms with Crippen LogP contribution in [0.1, 0.15) is 79.1 Å². The minimum atomic E-state index is 0.436. The Bertz CT molecular complexity index is 801. The molecule has 0 radical (unpaired) electrons. The van der Waals surface area contributed by atoms with Gasteiger partial charge in [0.2, 0.25) is 0 Å². The molecule has 2 nitrogen and oxygen atoms in total. The van der Waals surface area contributed by atoms with Gasteiger partial charge in [-0.05, 0) is 140 Å². The molecule has 8 bridgehead atoms. The Balaban J connectivity index is 0.000000503. The van der Waals surface area contributed by atoms with Gasteiger partial charge in [0.25, 0.3) is 0 Å². The molecule has 2 heteroatoms. The molecule has 0 aromatic carbocycles. The highest BCUT2D eigenvalue weighted by Crippen LogP contribution is 2.72. The van der Waals surface area contributed by atoms with E-state index in [1.54, 1.807) is 38.5 Å². The number of hydrogen-bond acceptors (Lipinski definition) is 2. The molecular formula is C33H52O2. The monoisotopic (exact) mass is 480 g/mol. The predicted molar refractivity (Wildman–Crippen MR) is 142 cm³/mol. The first-order valence-corrected chi connectivity index (χ1v) is 16.2. The molecule has 9 rings (SSSR count). The van der Waals surface area contributed by atoms with Crippen molar-refractivity contribution < 1.29 is 9.47 Å². The van der Waals surface area contributed by atoms with Crippen molar-refractivity contribution in [3.8, 4) is 0 Å². The summed E-state index contributed by atoms with van der Waals surface area (Å²) < 4.78 is 11.4. The summed E-state index contributed by atoms with van der Waals surface area (Å²) >= 11 is 0. The molecule has 16 atom stereocenters. The van der Waals surface area contributed by atoms with E-state index < -0.39 is 0 Å². The van der Waals surface area contributed by atoms with Gasteiger partial charge >= 0.3 is 0 Å². The first-order valence-electron chi connectivity index (χ1n) is 16.2. The lowest BCUT2D eigenvalue weighted by atomic mass is 9.62. The SMILES string of the molecule is C1=CC2CC1C1C3CC(CC4CC5CC4C4C6CC(COCC7CO7)C(C6)C54)C(C3)C21.CC.CC. The molecule has 8 fully saturated rings. The van der Waals surface area contributed by atoms with Crippen molar-refractivity contribution in [2.75, 3.05) is 19.8 Å². The fraction of sp³-hybridized carbons (Fsp3) is 0.939. The van der Waals surface area contributed by atoms with Gasteiger partial charge in [-0.15, -0.1) is 0 Å². The van der Waals surface area contributed by atoms with Gasteiger partial charge in [-0.1, -0.05) is 39.8 Å². The lowest BCUT2D eigenvalue weighted by Gasteiger charge is -2.43. The molecule has 0 spiro atoms. The first kappa shape index (κ1) is 23.8. The molecule has 0 amide bonds. The zero-order chi connectivity index (χ0) is 23.8. The topological polar surface area (TPSA) is 21.8 Å². The highest BCUT2D eigenvalue weighted by molar-refractivity contribution is 5.21. The van der Waals surface area contributed by atoms with Crippen LogP contribution in [0.25, 0.3) is 0 Å². The van der Waals surface area contributed by atoms with Crippen LogP contribution in [0.3, 0.4) is 0 Å². The maximum Gasteiger partial charge on any atom is 0.104 e. The summed E-state index contributed by atoms with van der Waals surface area (Å²) in [5, 5.41) is 0. The third kappa shape index (κ3) is 3.54. The highest BCUT2D eigenvalue weighted by atomic mass is 16.6. The maximum atomic E-state index is 6.09. The summed E-state index contributed by atoms with van der Waals surface area (Å²) in [5.41, 5.74) is 0. The molecule has 196 valence electrons. The van der Waals surface area contributed by atoms with Crippen LogP contribution in [0.15, 0.2) is 12.2 Å². The minimum absolute atomic E-state index is 0.436. The second-order valence-electron chi connectivity index (χ2n) is 14.0. The molecule has 0 aromatic rings. The molecular weight excluding hydrogens is 428 g/mol. The van der Waals surface area contributed by atoms with Crippen LogP contribution in [-0.2, 0) is 9.47 Å². The van der Waals surface area contributed by atoms with E-state index in [-0.39, 0.29) is 0 Å². The average molecular weight is 481 g/mol. The summed E-state index contributed by atoms with van der Waals surface area (Å²) in [7, 11) is 0. The summed E-state index contributed by atoms with van der Waals surface area (Å²) in [5.74, 6) is 16.1. The van der Waals surface area contributed by atoms with E-state index in [1.165, 1.54) is 12.8 Å². The zero-order valence-electron chi connectivity index (χ0n) is 23.0. The Labute approximate surface area is 215 Å². The average Bonchev–Trinajstić information content (AvgIpc) is 3.61. The van der Waals surface area contributed by atoms with E-state index in [1.807, 2.05) is 27.7 Å². The van der Waals surface area contributed by atoms with Crippen LogP contribution in [0.2, 0.25) is 0 Å². The summed E-state index contributed by atoms with van der Waals surface area (Å²) in [4.78, 5) is 0. The first-order chi connectivity index (χ1) is 17.3. The molecule has 0 N–H and O–H groups in total. The van der Waals surface area contributed by atoms with E-state index in [4.69, 9.17) is 9.47 Å². The van der Waals surface area contributed by atoms with E-state index in [2.05, 4.69) is 12.2 Å². The van der Waals surface area contributed by atoms with Gasteiger partial charge in [0, 0.05) is 6.61 Å². The van der Waals surface area contributed by atoms with E-state index in [0.29, 0.717) is 6.10 Å². The maximum absolute atomic E-state index is 6.09. The smallest absolute Gasteiger partial charge is 0.104 e. The minimum Gasteiger partial charge on any atom is -0.378 e. The molecule has 8 aliphatic carbocycles. The van der Waals surface area contributed by atoms with E-state index in [0.717, 1.165) is 109 Å². The fourth-order valence-electron chi connectivity index (χ4n) is 12.7. The van der Waals surface area contributed by atoms with Gasteiger partial charge in [-0.3, -0.25) is 0 Å². The number of hydrogen-bond donors (Lipinski definition) is 0. The van der Waals surface area contributed by atoms with Crippen molar-refractivity contribution in [1.29, 1.82) is 0 Å². The Hall–Kier alpha value is -0.340. The van der Waals surface area contributed by atoms with Gasteiger partial charge in [0.05, 0.1) is 13.2 Å². The lowest BCUT2D eigenvalue weighted by Crippen LogP contribution is -2.38. The summed E-state index contributed by atoms with van der Waals surface area (Å²) in [6.07, 6.45) is 18.4. The van der Waals surface area contributed by atoms with Crippen LogP contribution in [0, 0.1) is 88.8 Å². The van der Waals surface area contributed by atoms with Crippen LogP contribution in [0.5, 0.6) is 0 Å². The Morgan fingerprint density at radius 2 is 1.11 bits per heavy atom. The van der Waals surface area contributed by atoms with Crippen LogP contribution >= 0.6 is 0 Å². The van der Waals surface area contributed by atoms with Gasteiger partial charge in [-0.25, -0.2) is 0 Å². The van der Waals surface area contributed by atoms with Crippen LogP contribution in [-0.4, -0.2) is 25.9 Å². The Kier molecular flexibility index (Phi) is 6.21. The number of rotatable bonds is 6. The standard InChI is InChI=1S/C29H40O2.2C2H6/c1-2-15-3-14(1)26-18-5-16(23(8-18)27(15)26)4-17-6-19-9-24(17)28-20-7-21(25(10-20)29(19)28)11-30-12-22-13-31-22;2*1-2/h1-2,14-29H,3-13H2;2*1-2H3. The quantitative estimate of drug-likeness (QED) is 0.223. The molecule has 1 aliphatic heterocycles. The molecule has 1 heterocycles. The largest absolute Gasteiger partial charge is 0.378 e. The van der Waals surface area contributed by atoms with Crippen molar-refractivity contribution >= 4 is 0 Å². The van der Waals surface area contributed by atoms with Gasteiger partial charge < -0.3 is 9.47 Å². The third-order valence-corrected chi connectivity index (χ3v) is 13.1. The fourth-order valence-corrected chi connectivity index (χ4v) is 12.7. The van der Waals surface area contributed by atoms with Crippen LogP contribution < -0.4 is 0 Å². The van der Waals surface area contributed by atoms with Crippen molar-refractivity contribution in [1.82, 2.24) is 0 Å². The number of epoxide rings is 1. The van der Waals surface area contributed by atoms with Crippen molar-refractivity contribution in [3.05, 3.63) is 12.2 Å².